The van der Waals surface area contributed by atoms with Gasteiger partial charge in [0.15, 0.2) is 0 Å². The van der Waals surface area contributed by atoms with Crippen molar-refractivity contribution >= 4 is 5.78 Å². The lowest BCUT2D eigenvalue weighted by Crippen LogP contribution is -2.23. The van der Waals surface area contributed by atoms with Crippen LogP contribution in [-0.2, 0) is 30.4 Å². The number of Topliss-reactive ketones (excluding diaryl/α,β-unsaturated/α-hetero) is 1. The SMILES string of the molecule is C=C1CCc2c(nc3c(c2CCCOC(C)(C)C)CCCC3)C1=O. The van der Waals surface area contributed by atoms with Crippen molar-refractivity contribution < 1.29 is 9.53 Å². The molecule has 0 saturated heterocycles. The maximum absolute atomic E-state index is 12.5. The lowest BCUT2D eigenvalue weighted by Gasteiger charge is -2.27. The van der Waals surface area contributed by atoms with Gasteiger partial charge in [-0.1, -0.05) is 6.58 Å². The number of rotatable bonds is 4. The number of nitrogens with zero attached hydrogens (tertiary/aromatic N) is 1. The van der Waals surface area contributed by atoms with Gasteiger partial charge >= 0.3 is 0 Å². The third-order valence-corrected chi connectivity index (χ3v) is 5.02. The smallest absolute Gasteiger partial charge is 0.207 e. The molecule has 0 amide bonds. The van der Waals surface area contributed by atoms with Gasteiger partial charge in [-0.05, 0) is 94.4 Å². The number of ketones is 1. The van der Waals surface area contributed by atoms with E-state index in [1.165, 1.54) is 29.5 Å². The molecule has 1 heterocycles. The number of allylic oxidation sites excluding steroid dienone is 1. The molecule has 3 heteroatoms. The Labute approximate surface area is 145 Å². The molecule has 0 N–H and O–H groups in total. The van der Waals surface area contributed by atoms with E-state index in [-0.39, 0.29) is 11.4 Å². The first-order chi connectivity index (χ1) is 11.4. The Hall–Kier alpha value is -1.48. The Morgan fingerprint density at radius 2 is 1.83 bits per heavy atom. The molecule has 0 fully saturated rings. The van der Waals surface area contributed by atoms with Crippen molar-refractivity contribution in [1.82, 2.24) is 4.98 Å². The van der Waals surface area contributed by atoms with Crippen LogP contribution in [0.2, 0.25) is 0 Å². The Kier molecular flexibility index (Phi) is 4.91. The third-order valence-electron chi connectivity index (χ3n) is 5.02. The average molecular weight is 327 g/mol. The van der Waals surface area contributed by atoms with Crippen LogP contribution in [0.1, 0.15) is 79.3 Å². The highest BCUT2D eigenvalue weighted by Gasteiger charge is 2.28. The molecule has 2 aliphatic rings. The molecule has 130 valence electrons. The second-order valence-electron chi connectivity index (χ2n) is 8.05. The molecule has 0 aliphatic heterocycles. The lowest BCUT2D eigenvalue weighted by atomic mass is 9.81. The van der Waals surface area contributed by atoms with Crippen LogP contribution in [0, 0.1) is 0 Å². The quantitative estimate of drug-likeness (QED) is 0.608. The number of hydrogen-bond acceptors (Lipinski definition) is 3. The zero-order valence-electron chi connectivity index (χ0n) is 15.3. The fraction of sp³-hybridized carbons (Fsp3) is 0.619. The molecule has 1 aromatic heterocycles. The predicted molar refractivity (Wildman–Crippen MR) is 96.7 cm³/mol. The Morgan fingerprint density at radius 1 is 1.08 bits per heavy atom. The summed E-state index contributed by atoms with van der Waals surface area (Å²) in [6, 6.07) is 0. The molecule has 0 radical (unpaired) electrons. The molecule has 0 bridgehead atoms. The number of aryl methyl sites for hydroxylation is 1. The van der Waals surface area contributed by atoms with Gasteiger partial charge in [-0.15, -0.1) is 0 Å². The van der Waals surface area contributed by atoms with Gasteiger partial charge in [0.2, 0.25) is 5.78 Å². The third kappa shape index (κ3) is 3.61. The average Bonchev–Trinajstić information content (AvgIpc) is 2.53. The first kappa shape index (κ1) is 17.3. The highest BCUT2D eigenvalue weighted by atomic mass is 16.5. The Bertz CT molecular complexity index is 667. The van der Waals surface area contributed by atoms with Crippen LogP contribution in [0.3, 0.4) is 0 Å². The Balaban J connectivity index is 1.88. The maximum Gasteiger partial charge on any atom is 0.207 e. The summed E-state index contributed by atoms with van der Waals surface area (Å²) in [4.78, 5) is 17.3. The van der Waals surface area contributed by atoms with Crippen LogP contribution < -0.4 is 0 Å². The summed E-state index contributed by atoms with van der Waals surface area (Å²) in [6.07, 6.45) is 8.21. The summed E-state index contributed by atoms with van der Waals surface area (Å²) in [7, 11) is 0. The molecular formula is C21H29NO2. The van der Waals surface area contributed by atoms with Crippen LogP contribution in [0.4, 0.5) is 0 Å². The molecule has 3 rings (SSSR count). The first-order valence-electron chi connectivity index (χ1n) is 9.27. The number of carbonyl (C=O) groups is 1. The van der Waals surface area contributed by atoms with Crippen molar-refractivity contribution in [3.8, 4) is 0 Å². The molecule has 0 atom stereocenters. The van der Waals surface area contributed by atoms with Crippen molar-refractivity contribution in [3.05, 3.63) is 40.2 Å². The summed E-state index contributed by atoms with van der Waals surface area (Å²) in [5.74, 6) is 0.0665. The summed E-state index contributed by atoms with van der Waals surface area (Å²) in [6.45, 7) is 11.0. The monoisotopic (exact) mass is 327 g/mol. The predicted octanol–water partition coefficient (Wildman–Crippen LogP) is 4.39. The molecule has 2 aliphatic carbocycles. The molecule has 0 unspecified atom stereocenters. The van der Waals surface area contributed by atoms with Crippen molar-refractivity contribution in [2.75, 3.05) is 6.61 Å². The van der Waals surface area contributed by atoms with Crippen molar-refractivity contribution in [3.63, 3.8) is 0 Å². The number of aromatic nitrogens is 1. The minimum atomic E-state index is -0.0925. The van der Waals surface area contributed by atoms with Gasteiger partial charge in [0.25, 0.3) is 0 Å². The fourth-order valence-electron chi connectivity index (χ4n) is 3.81. The number of hydrogen-bond donors (Lipinski definition) is 0. The second kappa shape index (κ2) is 6.79. The topological polar surface area (TPSA) is 39.2 Å². The fourth-order valence-corrected chi connectivity index (χ4v) is 3.81. The summed E-state index contributed by atoms with van der Waals surface area (Å²) < 4.78 is 5.88. The molecule has 0 spiro atoms. The lowest BCUT2D eigenvalue weighted by molar-refractivity contribution is -0.00387. The molecular weight excluding hydrogens is 298 g/mol. The minimum absolute atomic E-state index is 0.0665. The first-order valence-corrected chi connectivity index (χ1v) is 9.27. The van der Waals surface area contributed by atoms with Gasteiger partial charge in [0.1, 0.15) is 5.69 Å². The van der Waals surface area contributed by atoms with Crippen LogP contribution in [-0.4, -0.2) is 23.0 Å². The van der Waals surface area contributed by atoms with Crippen LogP contribution in [0.25, 0.3) is 0 Å². The molecule has 0 aromatic carbocycles. The summed E-state index contributed by atoms with van der Waals surface area (Å²) in [5.41, 5.74) is 6.50. The van der Waals surface area contributed by atoms with Crippen molar-refractivity contribution in [2.45, 2.75) is 77.7 Å². The standard InChI is InChI=1S/C21H29NO2/c1-14-11-12-17-15(9-7-13-24-21(2,3)4)16-8-5-6-10-18(16)22-19(17)20(14)23/h1,5-13H2,2-4H3. The normalized spacial score (nSPS) is 17.6. The maximum atomic E-state index is 12.5. The number of carbonyl (C=O) groups excluding carboxylic acids is 1. The zero-order chi connectivity index (χ0) is 17.3. The summed E-state index contributed by atoms with van der Waals surface area (Å²) in [5, 5.41) is 0. The number of fused-ring (bicyclic) bond motifs is 2. The van der Waals surface area contributed by atoms with E-state index in [0.29, 0.717) is 11.3 Å². The summed E-state index contributed by atoms with van der Waals surface area (Å²) >= 11 is 0. The van der Waals surface area contributed by atoms with Gasteiger partial charge in [0.05, 0.1) is 5.60 Å². The molecule has 1 aromatic rings. The van der Waals surface area contributed by atoms with E-state index < -0.39 is 0 Å². The number of ether oxygens (including phenoxy) is 1. The molecule has 0 saturated carbocycles. The van der Waals surface area contributed by atoms with Gasteiger partial charge in [-0.25, -0.2) is 4.98 Å². The van der Waals surface area contributed by atoms with E-state index in [0.717, 1.165) is 50.8 Å². The van der Waals surface area contributed by atoms with Crippen molar-refractivity contribution in [2.24, 2.45) is 0 Å². The van der Waals surface area contributed by atoms with E-state index in [1.54, 1.807) is 0 Å². The van der Waals surface area contributed by atoms with Crippen LogP contribution >= 0.6 is 0 Å². The van der Waals surface area contributed by atoms with Gasteiger partial charge in [-0.3, -0.25) is 4.79 Å². The largest absolute Gasteiger partial charge is 0.376 e. The second-order valence-corrected chi connectivity index (χ2v) is 8.05. The van der Waals surface area contributed by atoms with Crippen LogP contribution in [0.15, 0.2) is 12.2 Å². The highest BCUT2D eigenvalue weighted by molar-refractivity contribution is 6.09. The van der Waals surface area contributed by atoms with E-state index in [1.807, 2.05) is 0 Å². The van der Waals surface area contributed by atoms with Crippen molar-refractivity contribution in [1.29, 1.82) is 0 Å². The van der Waals surface area contributed by atoms with E-state index >= 15 is 0 Å². The zero-order valence-corrected chi connectivity index (χ0v) is 15.3. The van der Waals surface area contributed by atoms with E-state index in [4.69, 9.17) is 9.72 Å². The van der Waals surface area contributed by atoms with E-state index in [2.05, 4.69) is 27.4 Å². The van der Waals surface area contributed by atoms with Gasteiger partial charge in [-0.2, -0.15) is 0 Å². The molecule has 3 nitrogen and oxygen atoms in total. The molecule has 24 heavy (non-hydrogen) atoms. The minimum Gasteiger partial charge on any atom is -0.376 e. The highest BCUT2D eigenvalue weighted by Crippen LogP contribution is 2.33. The van der Waals surface area contributed by atoms with Crippen LogP contribution in [0.5, 0.6) is 0 Å². The Morgan fingerprint density at radius 3 is 2.58 bits per heavy atom. The van der Waals surface area contributed by atoms with E-state index in [9.17, 15) is 4.79 Å². The number of pyridine rings is 1. The van der Waals surface area contributed by atoms with Gasteiger partial charge < -0.3 is 4.74 Å². The van der Waals surface area contributed by atoms with Gasteiger partial charge in [0, 0.05) is 12.3 Å².